The number of nitrogens with two attached hydrogens (primary N) is 1. The second kappa shape index (κ2) is 58.5. The highest BCUT2D eigenvalue weighted by Crippen LogP contribution is 2.44. The molecule has 4 heterocycles. The number of carboxylic acid groups (broad SMARTS) is 1. The van der Waals surface area contributed by atoms with E-state index >= 15 is 0 Å². The summed E-state index contributed by atoms with van der Waals surface area (Å²) in [7, 11) is 0. The Labute approximate surface area is 825 Å². The maximum atomic E-state index is 14.0. The molecule has 2 atom stereocenters. The Balaban J connectivity index is 0.000000267. The number of rotatable bonds is 55. The van der Waals surface area contributed by atoms with Gasteiger partial charge in [-0.25, -0.2) is 14.2 Å². The van der Waals surface area contributed by atoms with Gasteiger partial charge >= 0.3 is 17.9 Å². The van der Waals surface area contributed by atoms with Crippen LogP contribution in [0.25, 0.3) is 45.0 Å². The third kappa shape index (κ3) is 34.6. The highest BCUT2D eigenvalue weighted by Gasteiger charge is 2.33. The van der Waals surface area contributed by atoms with Crippen molar-refractivity contribution in [3.05, 3.63) is 240 Å². The van der Waals surface area contributed by atoms with Crippen LogP contribution in [-0.2, 0) is 83.6 Å². The van der Waals surface area contributed by atoms with Crippen molar-refractivity contribution < 1.29 is 81.7 Å². The second-order valence-corrected chi connectivity index (χ2v) is 35.5. The van der Waals surface area contributed by atoms with Crippen LogP contribution in [0.1, 0.15) is 299 Å². The van der Waals surface area contributed by atoms with Crippen molar-refractivity contribution in [1.82, 2.24) is 40.6 Å². The summed E-state index contributed by atoms with van der Waals surface area (Å²) in [5, 5.41) is 35.9. The van der Waals surface area contributed by atoms with Crippen molar-refractivity contribution in [2.45, 2.75) is 284 Å². The number of anilines is 4. The van der Waals surface area contributed by atoms with Crippen LogP contribution in [0.3, 0.4) is 0 Å². The minimum atomic E-state index is -0.879. The lowest BCUT2D eigenvalue weighted by Gasteiger charge is -2.29. The number of nitrogen functional groups attached to an aromatic ring is 1. The van der Waals surface area contributed by atoms with Gasteiger partial charge in [0, 0.05) is 140 Å². The Morgan fingerprint density at radius 1 is 0.348 bits per heavy atom. The molecule has 0 aliphatic carbocycles. The van der Waals surface area contributed by atoms with Gasteiger partial charge in [0.05, 0.1) is 79.6 Å². The number of aryl methyl sites for hydroxylation is 2. The van der Waals surface area contributed by atoms with Crippen LogP contribution in [0, 0.1) is 0 Å². The molecule has 2 aliphatic heterocycles. The zero-order valence-corrected chi connectivity index (χ0v) is 81.7. The summed E-state index contributed by atoms with van der Waals surface area (Å²) in [6.45, 7) is 9.59. The highest BCUT2D eigenvalue weighted by atomic mass is 16.5. The zero-order valence-electron chi connectivity index (χ0n) is 81.7. The minimum absolute atomic E-state index is 0.00772. The summed E-state index contributed by atoms with van der Waals surface area (Å²) in [6.07, 6.45) is 18.4. The highest BCUT2D eigenvalue weighted by molar-refractivity contribution is 6.06. The van der Waals surface area contributed by atoms with E-state index in [4.69, 9.17) is 25.4 Å². The van der Waals surface area contributed by atoms with Crippen LogP contribution < -0.4 is 31.5 Å². The maximum Gasteiger partial charge on any atom is 0.335 e. The molecule has 0 fully saturated rings. The number of fused-ring (bicyclic) bond motifs is 10. The van der Waals surface area contributed by atoms with Crippen LogP contribution >= 0.6 is 0 Å². The van der Waals surface area contributed by atoms with Gasteiger partial charge in [0.15, 0.2) is 11.6 Å². The predicted molar refractivity (Wildman–Crippen MR) is 543 cm³/mol. The number of carbonyl (C=O) groups is 14. The third-order valence-corrected chi connectivity index (χ3v) is 25.1. The molecule has 29 heteroatoms. The van der Waals surface area contributed by atoms with Gasteiger partial charge < -0.3 is 46.1 Å². The molecule has 0 bridgehead atoms. The molecule has 5 amide bonds. The summed E-state index contributed by atoms with van der Waals surface area (Å²) in [4.78, 5) is 180. The first kappa shape index (κ1) is 109. The summed E-state index contributed by atoms with van der Waals surface area (Å²) >= 11 is 0. The number of nitrogens with zero attached hydrogens (tertiary/aromatic N) is 8. The molecule has 2 unspecified atom stereocenters. The van der Waals surface area contributed by atoms with Gasteiger partial charge in [-0.05, 0) is 186 Å². The molecular weight excluding hydrogens is 1790 g/mol. The van der Waals surface area contributed by atoms with Crippen LogP contribution in [0.15, 0.2) is 206 Å². The quantitative estimate of drug-likeness (QED) is 0.0134. The third-order valence-electron chi connectivity index (χ3n) is 25.1. The van der Waals surface area contributed by atoms with Crippen molar-refractivity contribution in [2.24, 2.45) is 0 Å². The van der Waals surface area contributed by atoms with Crippen molar-refractivity contribution in [2.75, 3.05) is 34.1 Å². The Hall–Kier alpha value is -14.4. The maximum absolute atomic E-state index is 14.0. The van der Waals surface area contributed by atoms with Crippen LogP contribution in [0.2, 0.25) is 0 Å². The fourth-order valence-electron chi connectivity index (χ4n) is 16.8. The first-order valence-electron chi connectivity index (χ1n) is 49.9. The normalized spacial score (nSPS) is 11.9. The number of hydrogen-bond donors (Lipinski definition) is 5. The van der Waals surface area contributed by atoms with E-state index < -0.39 is 24.0 Å². The minimum Gasteiger partial charge on any atom is -0.478 e. The number of carboxylic acids is 1. The van der Waals surface area contributed by atoms with Crippen molar-refractivity contribution in [3.63, 3.8) is 0 Å². The van der Waals surface area contributed by atoms with Gasteiger partial charge in [0.1, 0.15) is 34.5 Å². The average Bonchev–Trinajstić information content (AvgIpc) is 1.63. The lowest BCUT2D eigenvalue weighted by Crippen LogP contribution is -2.40. The smallest absolute Gasteiger partial charge is 0.335 e. The molecule has 2 aliphatic rings. The number of ether oxygens (including phenoxy) is 2. The fraction of sp³-hybridized carbons (Fsp3) is 0.411. The van der Waals surface area contributed by atoms with E-state index in [0.29, 0.717) is 221 Å². The standard InChI is InChI=1S/C56H66N6O8.C49H62N6O7.C7H6O2/c1-3-44(63)24-13-17-30-51(66)61-39-42-23-12-14-25-46(42)53-54(47-26-15-16-28-49(47)61)62(60-59-53)37-19-18-27-48(50(65)29-11-6-5-7-20-38-70-52(67)36-35-45(64)4-2)58-56(69)41-31-33-43(34-32-41)57-55(68)40-21-9-8-10-22-40;1-3-38(56)19-10-14-25-45(59)54-34-36-18-9-11-20-40(36)47-48(41-21-12-13-23-43(41)54)55(53-52-47)32-16-15-22-42(51-49(61)35-26-28-37(50)29-27-35)44(58)24-8-6-5-7-17-33-62-46(60)31-30-39(57)4-2;8-7(9)6-4-2-1-3-5-6/h8-10,12,14-16,21-23,25-26,28,31-34,48H,3-7,11,13,17-20,24,27,29-30,35-39H2,1-2H3,(H,57,68)(H,58,69);9,11-13,18,20-21,23,26-29,42H,3-8,10,14-17,19,22,24-25,30-34,50H2,1-2H3,(H,51,61);1-5H,(H,8,9). The Morgan fingerprint density at radius 2 is 0.695 bits per heavy atom. The summed E-state index contributed by atoms with van der Waals surface area (Å²) in [5.74, 6) is -2.21. The molecular formula is C112H134N12O17. The summed E-state index contributed by atoms with van der Waals surface area (Å²) in [6, 6.07) is 60.4. The molecule has 0 spiro atoms. The lowest BCUT2D eigenvalue weighted by molar-refractivity contribution is -0.145. The number of benzene rings is 8. The van der Waals surface area contributed by atoms with Crippen molar-refractivity contribution in [3.8, 4) is 45.0 Å². The van der Waals surface area contributed by atoms with E-state index in [1.54, 1.807) is 117 Å². The molecule has 29 nitrogen and oxygen atoms in total. The summed E-state index contributed by atoms with van der Waals surface area (Å²) < 4.78 is 14.3. The van der Waals surface area contributed by atoms with E-state index in [0.717, 1.165) is 106 Å². The molecule has 10 aromatic rings. The monoisotopic (exact) mass is 1920 g/mol. The van der Waals surface area contributed by atoms with Crippen molar-refractivity contribution in [1.29, 1.82) is 0 Å². The number of hydrogen-bond acceptors (Lipinski definition) is 21. The van der Waals surface area contributed by atoms with Gasteiger partial charge in [0.25, 0.3) is 17.7 Å². The second-order valence-electron chi connectivity index (χ2n) is 35.5. The Bertz CT molecular complexity index is 5840. The Kier molecular flexibility index (Phi) is 45.1. The van der Waals surface area contributed by atoms with Gasteiger partial charge in [-0.2, -0.15) is 0 Å². The lowest BCUT2D eigenvalue weighted by atomic mass is 9.95. The van der Waals surface area contributed by atoms with Gasteiger partial charge in [-0.1, -0.05) is 198 Å². The number of para-hydroxylation sites is 2. The first-order chi connectivity index (χ1) is 68.4. The average molecular weight is 1920 g/mol. The molecule has 141 heavy (non-hydrogen) atoms. The fourth-order valence-corrected chi connectivity index (χ4v) is 16.8. The summed E-state index contributed by atoms with van der Waals surface area (Å²) in [5.41, 5.74) is 18.5. The van der Waals surface area contributed by atoms with Gasteiger partial charge in [-0.15, -0.1) is 10.2 Å². The first-order valence-corrected chi connectivity index (χ1v) is 49.9. The van der Waals surface area contributed by atoms with E-state index in [2.05, 4.69) is 31.5 Å². The molecule has 0 radical (unpaired) electrons. The number of ketones is 6. The number of aromatic nitrogens is 6. The molecule has 0 saturated carbocycles. The number of carbonyl (C=O) groups excluding carboxylic acids is 13. The number of Topliss-reactive ketones (excluding diaryl/α,β-unsaturated/α-hetero) is 6. The molecule has 2 aromatic heterocycles. The van der Waals surface area contributed by atoms with E-state index in [-0.39, 0.29) is 102 Å². The molecule has 0 saturated heterocycles. The van der Waals surface area contributed by atoms with Crippen LogP contribution in [0.4, 0.5) is 22.7 Å². The predicted octanol–water partition coefficient (Wildman–Crippen LogP) is 20.6. The molecule has 8 aromatic carbocycles. The Morgan fingerprint density at radius 3 is 1.11 bits per heavy atom. The van der Waals surface area contributed by atoms with Gasteiger partial charge in [-0.3, -0.25) is 62.3 Å². The topological polar surface area (TPSA) is 408 Å². The van der Waals surface area contributed by atoms with Crippen molar-refractivity contribution >= 4 is 105 Å². The molecule has 744 valence electrons. The number of amides is 5. The zero-order chi connectivity index (χ0) is 101. The van der Waals surface area contributed by atoms with Crippen LogP contribution in [-0.4, -0.2) is 143 Å². The van der Waals surface area contributed by atoms with Crippen LogP contribution in [0.5, 0.6) is 0 Å². The number of nitrogens with one attached hydrogen (secondary N) is 3. The molecule has 6 N–H and O–H groups in total. The molecule has 12 rings (SSSR count). The number of unbranched alkanes of at least 4 members (excludes halogenated alkanes) is 12. The SMILES string of the molecule is CCC(=O)CCCCC(=O)N1Cc2ccccc2-c2nnn(CCCCC(NC(=O)c3ccc(N)cc3)C(=O)CCCCCCCOC(=O)CCC(=O)CC)c2-c2ccccc21.CCC(=O)CCCCC(=O)N1Cc2ccccc2-c2nnn(CCCCC(NC(=O)c3ccc(NC(=O)c4ccccc4)cc3)C(=O)CCCCCCCOC(=O)CCC(=O)CC)c2-c2ccccc21.O=C(O)c1ccccc1. The van der Waals surface area contributed by atoms with E-state index in [1.807, 2.05) is 136 Å². The number of aromatic carboxylic acids is 1. The van der Waals surface area contributed by atoms with E-state index in [1.165, 1.54) is 0 Å². The largest absolute Gasteiger partial charge is 0.478 e. The number of esters is 2. The van der Waals surface area contributed by atoms with Gasteiger partial charge in [0.2, 0.25) is 11.8 Å². The van der Waals surface area contributed by atoms with E-state index in [9.17, 15) is 67.1 Å².